The van der Waals surface area contributed by atoms with E-state index in [1.165, 1.54) is 0 Å². The van der Waals surface area contributed by atoms with Gasteiger partial charge in [0.05, 0.1) is 12.7 Å². The van der Waals surface area contributed by atoms with Crippen molar-refractivity contribution >= 4 is 29.7 Å². The maximum absolute atomic E-state index is 4.03. The molecule has 1 aliphatic heterocycles. The van der Waals surface area contributed by atoms with E-state index >= 15 is 0 Å². The Labute approximate surface area is 65.0 Å². The molecule has 0 amide bonds. The van der Waals surface area contributed by atoms with Crippen molar-refractivity contribution in [2.75, 3.05) is 0 Å². The molecule has 0 spiro atoms. The predicted octanol–water partition coefficient (Wildman–Crippen LogP) is 0.960. The maximum atomic E-state index is 4.03. The molecule has 4 heteroatoms. The minimum atomic E-state index is -0.245. The number of hydrogen-bond acceptors (Lipinski definition) is 3. The summed E-state index contributed by atoms with van der Waals surface area (Å²) < 4.78 is 0. The zero-order valence-electron chi connectivity index (χ0n) is 5.46. The summed E-state index contributed by atoms with van der Waals surface area (Å²) in [4.78, 5) is 8.06. The van der Waals surface area contributed by atoms with Gasteiger partial charge in [0.15, 0.2) is 0 Å². The number of aliphatic imine (C=N–C) groups is 2. The van der Waals surface area contributed by atoms with Crippen molar-refractivity contribution in [2.24, 2.45) is 9.98 Å². The van der Waals surface area contributed by atoms with Gasteiger partial charge in [-0.2, -0.15) is 0 Å². The van der Waals surface area contributed by atoms with Gasteiger partial charge in [-0.05, 0) is 13.8 Å². The first-order valence-corrected chi connectivity index (χ1v) is 2.54. The van der Waals surface area contributed by atoms with Crippen LogP contribution < -0.4 is 5.32 Å². The molecule has 52 valence electrons. The molecule has 9 heavy (non-hydrogen) atoms. The molecule has 0 bridgehead atoms. The van der Waals surface area contributed by atoms with E-state index in [4.69, 9.17) is 0 Å². The highest BCUT2D eigenvalue weighted by Gasteiger charge is 2.12. The minimum absolute atomic E-state index is 0. The molecule has 0 aromatic rings. The lowest BCUT2D eigenvalue weighted by Crippen LogP contribution is -2.24. The SMILES string of the molecule is Br.CC1(C)N=CNC=N1. The summed E-state index contributed by atoms with van der Waals surface area (Å²) in [5.74, 6) is 0. The molecule has 0 aromatic carbocycles. The molecular formula is C5H10BrN3. The molecule has 1 rings (SSSR count). The third kappa shape index (κ3) is 2.60. The molecule has 1 aliphatic rings. The normalized spacial score (nSPS) is 20.2. The highest BCUT2D eigenvalue weighted by Crippen LogP contribution is 2.09. The first-order chi connectivity index (χ1) is 3.71. The number of hydrogen-bond donors (Lipinski definition) is 1. The molecule has 0 unspecified atom stereocenters. The number of rotatable bonds is 0. The van der Waals surface area contributed by atoms with E-state index in [9.17, 15) is 0 Å². The standard InChI is InChI=1S/C5H9N3.BrH/c1-5(2)7-3-6-4-8-5;/h3-4H,1-2H3,(H,6,7,8);1H. The van der Waals surface area contributed by atoms with Gasteiger partial charge >= 0.3 is 0 Å². The fourth-order valence-electron chi connectivity index (χ4n) is 0.457. The Hall–Kier alpha value is -0.380. The molecule has 1 heterocycles. The summed E-state index contributed by atoms with van der Waals surface area (Å²) in [6.45, 7) is 3.89. The highest BCUT2D eigenvalue weighted by molar-refractivity contribution is 8.93. The summed E-state index contributed by atoms with van der Waals surface area (Å²) >= 11 is 0. The van der Waals surface area contributed by atoms with E-state index in [1.54, 1.807) is 12.7 Å². The third-order valence-electron chi connectivity index (χ3n) is 0.910. The summed E-state index contributed by atoms with van der Waals surface area (Å²) in [6, 6.07) is 0. The first-order valence-electron chi connectivity index (χ1n) is 2.54. The van der Waals surface area contributed by atoms with Crippen LogP contribution in [-0.4, -0.2) is 18.3 Å². The number of nitrogens with one attached hydrogen (secondary N) is 1. The Morgan fingerprint density at radius 3 is 1.89 bits per heavy atom. The van der Waals surface area contributed by atoms with Gasteiger partial charge in [-0.25, -0.2) is 9.98 Å². The van der Waals surface area contributed by atoms with Gasteiger partial charge in [0.1, 0.15) is 5.66 Å². The Balaban J connectivity index is 0.000000640. The van der Waals surface area contributed by atoms with Crippen molar-refractivity contribution in [3.05, 3.63) is 0 Å². The van der Waals surface area contributed by atoms with E-state index in [1.807, 2.05) is 13.8 Å². The molecule has 1 N–H and O–H groups in total. The summed E-state index contributed by atoms with van der Waals surface area (Å²) in [7, 11) is 0. The second-order valence-corrected chi connectivity index (χ2v) is 2.18. The number of nitrogens with zero attached hydrogens (tertiary/aromatic N) is 2. The monoisotopic (exact) mass is 191 g/mol. The van der Waals surface area contributed by atoms with Crippen LogP contribution in [0.4, 0.5) is 0 Å². The summed E-state index contributed by atoms with van der Waals surface area (Å²) in [5.41, 5.74) is -0.245. The van der Waals surface area contributed by atoms with Crippen LogP contribution in [0.2, 0.25) is 0 Å². The average Bonchev–Trinajstić information content (AvgIpc) is 1.65. The van der Waals surface area contributed by atoms with Crippen molar-refractivity contribution < 1.29 is 0 Å². The molecule has 3 nitrogen and oxygen atoms in total. The molecule has 0 atom stereocenters. The zero-order chi connectivity index (χ0) is 6.04. The Bertz CT molecular complexity index is 125. The zero-order valence-corrected chi connectivity index (χ0v) is 7.17. The predicted molar refractivity (Wildman–Crippen MR) is 44.5 cm³/mol. The molecule has 0 aromatic heterocycles. The van der Waals surface area contributed by atoms with Crippen LogP contribution in [0.25, 0.3) is 0 Å². The van der Waals surface area contributed by atoms with Gasteiger partial charge in [0.2, 0.25) is 0 Å². The second kappa shape index (κ2) is 2.96. The summed E-state index contributed by atoms with van der Waals surface area (Å²) in [5, 5.41) is 2.76. The topological polar surface area (TPSA) is 36.8 Å². The van der Waals surface area contributed by atoms with Gasteiger partial charge in [-0.15, -0.1) is 17.0 Å². The second-order valence-electron chi connectivity index (χ2n) is 2.18. The van der Waals surface area contributed by atoms with Crippen molar-refractivity contribution in [3.63, 3.8) is 0 Å². The van der Waals surface area contributed by atoms with Gasteiger partial charge < -0.3 is 5.32 Å². The lowest BCUT2D eigenvalue weighted by molar-refractivity contribution is 0.550. The van der Waals surface area contributed by atoms with Crippen LogP contribution in [0.3, 0.4) is 0 Å². The first kappa shape index (κ1) is 8.62. The van der Waals surface area contributed by atoms with Gasteiger partial charge in [0, 0.05) is 0 Å². The van der Waals surface area contributed by atoms with Gasteiger partial charge in [0.25, 0.3) is 0 Å². The van der Waals surface area contributed by atoms with Gasteiger partial charge in [-0.1, -0.05) is 0 Å². The number of halogens is 1. The summed E-state index contributed by atoms with van der Waals surface area (Å²) in [6.07, 6.45) is 3.29. The maximum Gasteiger partial charge on any atom is 0.147 e. The van der Waals surface area contributed by atoms with Crippen LogP contribution in [0, 0.1) is 0 Å². The van der Waals surface area contributed by atoms with Crippen molar-refractivity contribution in [1.82, 2.24) is 5.32 Å². The lowest BCUT2D eigenvalue weighted by atomic mass is 10.3. The van der Waals surface area contributed by atoms with Crippen molar-refractivity contribution in [3.8, 4) is 0 Å². The Morgan fingerprint density at radius 2 is 1.67 bits per heavy atom. The van der Waals surface area contributed by atoms with Crippen LogP contribution in [0.1, 0.15) is 13.8 Å². The quantitative estimate of drug-likeness (QED) is 0.609. The molecule has 0 aliphatic carbocycles. The van der Waals surface area contributed by atoms with E-state index in [-0.39, 0.29) is 22.6 Å². The van der Waals surface area contributed by atoms with Crippen LogP contribution in [-0.2, 0) is 0 Å². The smallest absolute Gasteiger partial charge is 0.147 e. The Morgan fingerprint density at radius 1 is 1.22 bits per heavy atom. The van der Waals surface area contributed by atoms with Crippen LogP contribution in [0.15, 0.2) is 9.98 Å². The van der Waals surface area contributed by atoms with Crippen LogP contribution >= 0.6 is 17.0 Å². The molecular weight excluding hydrogens is 182 g/mol. The largest absolute Gasteiger partial charge is 0.338 e. The average molecular weight is 192 g/mol. The molecule has 0 radical (unpaired) electrons. The van der Waals surface area contributed by atoms with E-state index in [2.05, 4.69) is 15.3 Å². The van der Waals surface area contributed by atoms with Crippen molar-refractivity contribution in [1.29, 1.82) is 0 Å². The van der Waals surface area contributed by atoms with Gasteiger partial charge in [-0.3, -0.25) is 0 Å². The fraction of sp³-hybridized carbons (Fsp3) is 0.600. The Kier molecular flexibility index (Phi) is 2.84. The lowest BCUT2D eigenvalue weighted by Gasteiger charge is -2.15. The van der Waals surface area contributed by atoms with E-state index in [0.29, 0.717) is 0 Å². The van der Waals surface area contributed by atoms with Crippen molar-refractivity contribution in [2.45, 2.75) is 19.5 Å². The fourth-order valence-corrected chi connectivity index (χ4v) is 0.457. The molecule has 0 fully saturated rings. The minimum Gasteiger partial charge on any atom is -0.338 e. The third-order valence-corrected chi connectivity index (χ3v) is 0.910. The highest BCUT2D eigenvalue weighted by atomic mass is 79.9. The van der Waals surface area contributed by atoms with E-state index in [0.717, 1.165) is 0 Å². The molecule has 0 saturated heterocycles. The molecule has 0 saturated carbocycles. The van der Waals surface area contributed by atoms with E-state index < -0.39 is 0 Å². The van der Waals surface area contributed by atoms with Crippen LogP contribution in [0.5, 0.6) is 0 Å².